The van der Waals surface area contributed by atoms with E-state index >= 15 is 0 Å². The molecule has 0 amide bonds. The Labute approximate surface area is 253 Å². The van der Waals surface area contributed by atoms with Crippen molar-refractivity contribution < 1.29 is 14.6 Å². The van der Waals surface area contributed by atoms with Gasteiger partial charge in [-0.1, -0.05) is 24.3 Å². The minimum Gasteiger partial charge on any atom is -0.487 e. The van der Waals surface area contributed by atoms with Crippen LogP contribution in [0, 0.1) is 6.92 Å². The SMILES string of the molecule is CC[C@@H]1CN(Cc2cc(C(CC(=O)O)c3cc(C4CC4)c4c(nnn4C)c3C)cc3ccsc23)Cc2[nH]c(=O)ccc2O1. The predicted octanol–water partition coefficient (Wildman–Crippen LogP) is 5.84. The highest BCUT2D eigenvalue weighted by molar-refractivity contribution is 7.17. The van der Waals surface area contributed by atoms with Gasteiger partial charge < -0.3 is 14.8 Å². The highest BCUT2D eigenvalue weighted by Crippen LogP contribution is 2.46. The van der Waals surface area contributed by atoms with E-state index in [0.29, 0.717) is 19.0 Å². The molecule has 222 valence electrons. The summed E-state index contributed by atoms with van der Waals surface area (Å²) in [4.78, 5) is 29.8. The van der Waals surface area contributed by atoms with Crippen LogP contribution in [0.25, 0.3) is 21.1 Å². The second-order valence-corrected chi connectivity index (χ2v) is 12.9. The van der Waals surface area contributed by atoms with Crippen molar-refractivity contribution in [3.8, 4) is 5.75 Å². The van der Waals surface area contributed by atoms with E-state index in [0.717, 1.165) is 75.9 Å². The topological polar surface area (TPSA) is 113 Å². The fourth-order valence-electron chi connectivity index (χ4n) is 6.66. The average molecular weight is 598 g/mol. The van der Waals surface area contributed by atoms with Crippen LogP contribution in [0.3, 0.4) is 0 Å². The summed E-state index contributed by atoms with van der Waals surface area (Å²) < 4.78 is 9.30. The molecule has 7 rings (SSSR count). The molecular weight excluding hydrogens is 562 g/mol. The van der Waals surface area contributed by atoms with E-state index in [1.165, 1.54) is 16.3 Å². The maximum atomic E-state index is 12.4. The van der Waals surface area contributed by atoms with E-state index in [4.69, 9.17) is 4.74 Å². The largest absolute Gasteiger partial charge is 0.487 e. The summed E-state index contributed by atoms with van der Waals surface area (Å²) in [6.45, 7) is 6.08. The fraction of sp³-hybridized carbons (Fsp3) is 0.394. The molecule has 0 radical (unpaired) electrons. The molecule has 2 aromatic carbocycles. The normalized spacial score (nSPS) is 18.0. The molecule has 0 bridgehead atoms. The number of carboxylic acids is 1. The summed E-state index contributed by atoms with van der Waals surface area (Å²) in [5.41, 5.74) is 7.91. The van der Waals surface area contributed by atoms with E-state index in [-0.39, 0.29) is 24.0 Å². The molecule has 1 saturated carbocycles. The van der Waals surface area contributed by atoms with Crippen LogP contribution in [-0.4, -0.2) is 48.6 Å². The Bertz CT molecular complexity index is 1920. The van der Waals surface area contributed by atoms with Gasteiger partial charge in [-0.05, 0) is 88.9 Å². The quantitative estimate of drug-likeness (QED) is 0.231. The van der Waals surface area contributed by atoms with Crippen LogP contribution in [0.2, 0.25) is 0 Å². The van der Waals surface area contributed by atoms with Gasteiger partial charge in [-0.15, -0.1) is 16.4 Å². The second-order valence-electron chi connectivity index (χ2n) is 12.0. The van der Waals surface area contributed by atoms with Gasteiger partial charge in [-0.2, -0.15) is 0 Å². The number of carbonyl (C=O) groups is 1. The Kier molecular flexibility index (Phi) is 7.05. The van der Waals surface area contributed by atoms with E-state index in [1.807, 2.05) is 18.7 Å². The van der Waals surface area contributed by atoms with Crippen molar-refractivity contribution in [3.63, 3.8) is 0 Å². The maximum Gasteiger partial charge on any atom is 0.304 e. The molecule has 1 fully saturated rings. The van der Waals surface area contributed by atoms with Gasteiger partial charge in [0.1, 0.15) is 17.4 Å². The number of fused-ring (bicyclic) bond motifs is 3. The number of aromatic nitrogens is 4. The van der Waals surface area contributed by atoms with Gasteiger partial charge in [0.2, 0.25) is 5.56 Å². The van der Waals surface area contributed by atoms with Gasteiger partial charge in [0, 0.05) is 43.4 Å². The van der Waals surface area contributed by atoms with Crippen LogP contribution < -0.4 is 10.3 Å². The monoisotopic (exact) mass is 597 g/mol. The van der Waals surface area contributed by atoms with Gasteiger partial charge >= 0.3 is 5.97 Å². The number of benzene rings is 2. The zero-order chi connectivity index (χ0) is 29.8. The zero-order valence-electron chi connectivity index (χ0n) is 24.6. The summed E-state index contributed by atoms with van der Waals surface area (Å²) >= 11 is 1.70. The van der Waals surface area contributed by atoms with Gasteiger partial charge in [0.05, 0.1) is 17.6 Å². The number of ether oxygens (including phenoxy) is 1. The Morgan fingerprint density at radius 1 is 1.23 bits per heavy atom. The number of hydrogen-bond donors (Lipinski definition) is 2. The molecule has 0 saturated heterocycles. The molecule has 9 nitrogen and oxygen atoms in total. The minimum absolute atomic E-state index is 0.00359. The van der Waals surface area contributed by atoms with Crippen molar-refractivity contribution in [2.24, 2.45) is 7.05 Å². The van der Waals surface area contributed by atoms with Gasteiger partial charge in [-0.25, -0.2) is 4.68 Å². The number of aromatic amines is 1. The first kappa shape index (κ1) is 27.8. The van der Waals surface area contributed by atoms with E-state index < -0.39 is 5.97 Å². The Morgan fingerprint density at radius 3 is 2.84 bits per heavy atom. The molecule has 1 unspecified atom stereocenters. The van der Waals surface area contributed by atoms with Crippen molar-refractivity contribution in [2.75, 3.05) is 6.54 Å². The fourth-order valence-corrected chi connectivity index (χ4v) is 7.55. The molecule has 43 heavy (non-hydrogen) atoms. The number of carboxylic acid groups (broad SMARTS) is 1. The first-order valence-electron chi connectivity index (χ1n) is 14.9. The van der Waals surface area contributed by atoms with Crippen LogP contribution >= 0.6 is 11.3 Å². The maximum absolute atomic E-state index is 12.4. The third-order valence-electron chi connectivity index (χ3n) is 8.97. The molecule has 3 aromatic heterocycles. The van der Waals surface area contributed by atoms with E-state index in [2.05, 4.69) is 56.8 Å². The summed E-state index contributed by atoms with van der Waals surface area (Å²) in [6, 6.07) is 12.0. The first-order chi connectivity index (χ1) is 20.8. The van der Waals surface area contributed by atoms with E-state index in [9.17, 15) is 14.7 Å². The molecule has 2 N–H and O–H groups in total. The molecule has 5 aromatic rings. The highest BCUT2D eigenvalue weighted by Gasteiger charge is 2.32. The smallest absolute Gasteiger partial charge is 0.304 e. The molecule has 2 aliphatic rings. The second kappa shape index (κ2) is 10.9. The average Bonchev–Trinajstić information content (AvgIpc) is 3.63. The molecule has 0 spiro atoms. The molecule has 1 aliphatic heterocycles. The number of pyridine rings is 1. The lowest BCUT2D eigenvalue weighted by Gasteiger charge is -2.25. The lowest BCUT2D eigenvalue weighted by Crippen LogP contribution is -2.32. The van der Waals surface area contributed by atoms with Crippen molar-refractivity contribution in [3.05, 3.63) is 85.6 Å². The predicted molar refractivity (Wildman–Crippen MR) is 167 cm³/mol. The molecule has 10 heteroatoms. The van der Waals surface area contributed by atoms with Crippen LogP contribution in [0.1, 0.15) is 78.0 Å². The minimum atomic E-state index is -0.834. The molecule has 4 heterocycles. The lowest BCUT2D eigenvalue weighted by atomic mass is 9.83. The van der Waals surface area contributed by atoms with Crippen LogP contribution in [0.4, 0.5) is 0 Å². The summed E-state index contributed by atoms with van der Waals surface area (Å²) in [7, 11) is 1.93. The Balaban J connectivity index is 1.33. The van der Waals surface area contributed by atoms with Crippen molar-refractivity contribution in [2.45, 2.75) is 70.6 Å². The third-order valence-corrected chi connectivity index (χ3v) is 9.97. The number of nitrogens with zero attached hydrogens (tertiary/aromatic N) is 4. The number of aliphatic carboxylic acids is 1. The summed E-state index contributed by atoms with van der Waals surface area (Å²) in [5.74, 6) is 0.0226. The van der Waals surface area contributed by atoms with Crippen molar-refractivity contribution in [1.82, 2.24) is 24.9 Å². The van der Waals surface area contributed by atoms with Gasteiger partial charge in [0.25, 0.3) is 0 Å². The molecule has 2 atom stereocenters. The number of thiophene rings is 1. The molecule has 1 aliphatic carbocycles. The van der Waals surface area contributed by atoms with E-state index in [1.54, 1.807) is 17.4 Å². The highest BCUT2D eigenvalue weighted by atomic mass is 32.1. The lowest BCUT2D eigenvalue weighted by molar-refractivity contribution is -0.137. The number of H-pyrrole nitrogens is 1. The standard InChI is InChI=1S/C33H35N5O4S/c1-4-23-16-38(17-27-28(42-23)7-8-29(39)34-27)15-22-12-21(11-20-9-10-43-33(20)22)25(14-30(40)41)24-13-26(19-5-6-19)32-31(18(24)2)35-36-37(32)3/h7-13,19,23,25H,4-6,14-17H2,1-3H3,(H,34,39)(H,40,41)/t23-,25?/m1/s1. The van der Waals surface area contributed by atoms with Crippen molar-refractivity contribution in [1.29, 1.82) is 0 Å². The first-order valence-corrected chi connectivity index (χ1v) is 15.8. The van der Waals surface area contributed by atoms with Gasteiger partial charge in [0.15, 0.2) is 0 Å². The van der Waals surface area contributed by atoms with Crippen LogP contribution in [-0.2, 0) is 24.9 Å². The van der Waals surface area contributed by atoms with Crippen molar-refractivity contribution >= 4 is 38.4 Å². The Morgan fingerprint density at radius 2 is 2.07 bits per heavy atom. The number of hydrogen-bond acceptors (Lipinski definition) is 7. The number of aryl methyl sites for hydroxylation is 2. The van der Waals surface area contributed by atoms with Gasteiger partial charge in [-0.3, -0.25) is 14.5 Å². The van der Waals surface area contributed by atoms with Crippen LogP contribution in [0.15, 0.2) is 46.6 Å². The van der Waals surface area contributed by atoms with Crippen LogP contribution in [0.5, 0.6) is 5.75 Å². The number of nitrogens with one attached hydrogen (secondary N) is 1. The third kappa shape index (κ3) is 5.23. The summed E-state index contributed by atoms with van der Waals surface area (Å²) in [5, 5.41) is 22.2. The number of rotatable bonds is 8. The zero-order valence-corrected chi connectivity index (χ0v) is 25.4. The Hall–Kier alpha value is -4.02. The summed E-state index contributed by atoms with van der Waals surface area (Å²) in [6.07, 6.45) is 3.08. The molecular formula is C33H35N5O4S.